The molecule has 1 unspecified atom stereocenters. The first kappa shape index (κ1) is 25.1. The molecule has 0 spiro atoms. The third-order valence-corrected chi connectivity index (χ3v) is 5.04. The first-order chi connectivity index (χ1) is 15.1. The summed E-state index contributed by atoms with van der Waals surface area (Å²) >= 11 is 3.41. The Morgan fingerprint density at radius 3 is 2.50 bits per heavy atom. The topological polar surface area (TPSA) is 111 Å². The van der Waals surface area contributed by atoms with Crippen LogP contribution in [0.5, 0.6) is 11.5 Å². The number of halogens is 1. The van der Waals surface area contributed by atoms with E-state index in [4.69, 9.17) is 9.47 Å². The second kappa shape index (κ2) is 11.5. The fraction of sp³-hybridized carbons (Fsp3) is 0.364. The molecule has 172 valence electrons. The van der Waals surface area contributed by atoms with Crippen LogP contribution >= 0.6 is 15.9 Å². The standard InChI is InChI=1S/C22H26BrN3O6/c1-14(2)24-22(28)15(3)25(12-16-6-5-7-17(23)10-16)21(27)13-32-18-8-9-19(26(29)30)20(11-18)31-4/h5-11,14-15H,12-13H2,1-4H3,(H,24,28). The van der Waals surface area contributed by atoms with Crippen molar-refractivity contribution >= 4 is 33.4 Å². The van der Waals surface area contributed by atoms with Gasteiger partial charge in [-0.2, -0.15) is 0 Å². The number of hydrogen-bond donors (Lipinski definition) is 1. The molecular formula is C22H26BrN3O6. The molecule has 32 heavy (non-hydrogen) atoms. The first-order valence-corrected chi connectivity index (χ1v) is 10.7. The zero-order chi connectivity index (χ0) is 23.8. The van der Waals surface area contributed by atoms with Gasteiger partial charge in [0, 0.05) is 29.2 Å². The van der Waals surface area contributed by atoms with E-state index in [1.165, 1.54) is 30.2 Å². The van der Waals surface area contributed by atoms with Crippen molar-refractivity contribution in [3.8, 4) is 11.5 Å². The summed E-state index contributed by atoms with van der Waals surface area (Å²) in [5.41, 5.74) is 0.635. The van der Waals surface area contributed by atoms with Crippen LogP contribution in [0.15, 0.2) is 46.9 Å². The van der Waals surface area contributed by atoms with Gasteiger partial charge in [-0.3, -0.25) is 19.7 Å². The maximum atomic E-state index is 13.0. The Balaban J connectivity index is 2.20. The van der Waals surface area contributed by atoms with E-state index in [9.17, 15) is 19.7 Å². The molecule has 0 saturated carbocycles. The number of nitro groups is 1. The number of nitro benzene ring substituents is 1. The van der Waals surface area contributed by atoms with Gasteiger partial charge in [0.2, 0.25) is 11.7 Å². The molecule has 2 aromatic carbocycles. The van der Waals surface area contributed by atoms with Crippen LogP contribution in [0.4, 0.5) is 5.69 Å². The van der Waals surface area contributed by atoms with Crippen LogP contribution in [0, 0.1) is 10.1 Å². The van der Waals surface area contributed by atoms with E-state index >= 15 is 0 Å². The number of amides is 2. The van der Waals surface area contributed by atoms with E-state index in [1.54, 1.807) is 6.92 Å². The highest BCUT2D eigenvalue weighted by Gasteiger charge is 2.27. The number of rotatable bonds is 10. The molecule has 0 heterocycles. The number of ether oxygens (including phenoxy) is 2. The van der Waals surface area contributed by atoms with Gasteiger partial charge in [0.25, 0.3) is 5.91 Å². The van der Waals surface area contributed by atoms with Crippen LogP contribution in [-0.4, -0.2) is 47.4 Å². The van der Waals surface area contributed by atoms with Crippen molar-refractivity contribution in [2.45, 2.75) is 39.4 Å². The first-order valence-electron chi connectivity index (χ1n) is 9.92. The van der Waals surface area contributed by atoms with Crippen molar-refractivity contribution in [3.63, 3.8) is 0 Å². The second-order valence-electron chi connectivity index (χ2n) is 7.37. The fourth-order valence-electron chi connectivity index (χ4n) is 2.95. The Morgan fingerprint density at radius 1 is 1.19 bits per heavy atom. The predicted octanol–water partition coefficient (Wildman–Crippen LogP) is 3.69. The van der Waals surface area contributed by atoms with Crippen LogP contribution in [0.3, 0.4) is 0 Å². The quantitative estimate of drug-likeness (QED) is 0.387. The summed E-state index contributed by atoms with van der Waals surface area (Å²) in [4.78, 5) is 37.5. The molecule has 1 atom stereocenters. The minimum absolute atomic E-state index is 0.0237. The van der Waals surface area contributed by atoms with Crippen molar-refractivity contribution in [2.75, 3.05) is 13.7 Å². The minimum Gasteiger partial charge on any atom is -0.490 e. The summed E-state index contributed by atoms with van der Waals surface area (Å²) in [5.74, 6) is -0.424. The number of nitrogens with zero attached hydrogens (tertiary/aromatic N) is 2. The molecule has 0 bridgehead atoms. The molecule has 0 radical (unpaired) electrons. The van der Waals surface area contributed by atoms with Crippen molar-refractivity contribution in [1.82, 2.24) is 10.2 Å². The smallest absolute Gasteiger partial charge is 0.311 e. The van der Waals surface area contributed by atoms with Gasteiger partial charge in [0.1, 0.15) is 11.8 Å². The molecule has 2 rings (SSSR count). The van der Waals surface area contributed by atoms with Gasteiger partial charge in [0.15, 0.2) is 6.61 Å². The van der Waals surface area contributed by atoms with Gasteiger partial charge in [-0.15, -0.1) is 0 Å². The molecule has 0 aliphatic rings. The van der Waals surface area contributed by atoms with Crippen molar-refractivity contribution in [1.29, 1.82) is 0 Å². The molecule has 2 amide bonds. The predicted molar refractivity (Wildman–Crippen MR) is 123 cm³/mol. The van der Waals surface area contributed by atoms with E-state index in [-0.39, 0.29) is 42.3 Å². The zero-order valence-corrected chi connectivity index (χ0v) is 19.9. The lowest BCUT2D eigenvalue weighted by atomic mass is 10.1. The number of methoxy groups -OCH3 is 1. The highest BCUT2D eigenvalue weighted by Crippen LogP contribution is 2.30. The lowest BCUT2D eigenvalue weighted by Gasteiger charge is -2.29. The molecule has 0 saturated heterocycles. The Bertz CT molecular complexity index is 982. The highest BCUT2D eigenvalue weighted by atomic mass is 79.9. The van der Waals surface area contributed by atoms with E-state index in [2.05, 4.69) is 21.2 Å². The number of hydrogen-bond acceptors (Lipinski definition) is 6. The van der Waals surface area contributed by atoms with Crippen LogP contribution in [-0.2, 0) is 16.1 Å². The van der Waals surface area contributed by atoms with Gasteiger partial charge in [-0.05, 0) is 44.5 Å². The largest absolute Gasteiger partial charge is 0.490 e. The number of benzene rings is 2. The monoisotopic (exact) mass is 507 g/mol. The third kappa shape index (κ3) is 6.94. The molecule has 10 heteroatoms. The molecule has 0 aliphatic heterocycles. The number of carbonyl (C=O) groups excluding carboxylic acids is 2. The summed E-state index contributed by atoms with van der Waals surface area (Å²) in [6, 6.07) is 10.6. The third-order valence-electron chi connectivity index (χ3n) is 4.55. The molecule has 0 aromatic heterocycles. The Morgan fingerprint density at radius 2 is 1.91 bits per heavy atom. The Labute approximate surface area is 195 Å². The average Bonchev–Trinajstić information content (AvgIpc) is 2.74. The van der Waals surface area contributed by atoms with Crippen molar-refractivity contribution in [3.05, 3.63) is 62.6 Å². The van der Waals surface area contributed by atoms with E-state index in [1.807, 2.05) is 38.1 Å². The summed E-state index contributed by atoms with van der Waals surface area (Å²) < 4.78 is 11.4. The molecule has 1 N–H and O–H groups in total. The summed E-state index contributed by atoms with van der Waals surface area (Å²) in [7, 11) is 1.31. The summed E-state index contributed by atoms with van der Waals surface area (Å²) in [6.45, 7) is 5.20. The van der Waals surface area contributed by atoms with Crippen molar-refractivity contribution in [2.24, 2.45) is 0 Å². The van der Waals surface area contributed by atoms with Gasteiger partial charge >= 0.3 is 5.69 Å². The maximum absolute atomic E-state index is 13.0. The summed E-state index contributed by atoms with van der Waals surface area (Å²) in [6.07, 6.45) is 0. The summed E-state index contributed by atoms with van der Waals surface area (Å²) in [5, 5.41) is 13.9. The van der Waals surface area contributed by atoms with Crippen molar-refractivity contribution < 1.29 is 24.0 Å². The molecular weight excluding hydrogens is 482 g/mol. The SMILES string of the molecule is COc1cc(OCC(=O)N(Cc2cccc(Br)c2)C(C)C(=O)NC(C)C)ccc1[N+](=O)[O-]. The Kier molecular flexibility index (Phi) is 9.01. The average molecular weight is 508 g/mol. The molecule has 2 aromatic rings. The number of carbonyl (C=O) groups is 2. The molecule has 0 aliphatic carbocycles. The van der Waals surface area contributed by atoms with E-state index in [0.717, 1.165) is 10.0 Å². The van der Waals surface area contributed by atoms with Crippen LogP contribution in [0.25, 0.3) is 0 Å². The van der Waals surface area contributed by atoms with Crippen LogP contribution in [0.1, 0.15) is 26.3 Å². The molecule has 9 nitrogen and oxygen atoms in total. The minimum atomic E-state index is -0.737. The second-order valence-corrected chi connectivity index (χ2v) is 8.29. The zero-order valence-electron chi connectivity index (χ0n) is 18.3. The lowest BCUT2D eigenvalue weighted by molar-refractivity contribution is -0.385. The van der Waals surface area contributed by atoms with Crippen LogP contribution in [0.2, 0.25) is 0 Å². The van der Waals surface area contributed by atoms with Gasteiger partial charge in [-0.25, -0.2) is 0 Å². The van der Waals surface area contributed by atoms with E-state index < -0.39 is 16.9 Å². The maximum Gasteiger partial charge on any atom is 0.311 e. The highest BCUT2D eigenvalue weighted by molar-refractivity contribution is 9.10. The lowest BCUT2D eigenvalue weighted by Crippen LogP contribution is -2.50. The molecule has 0 fully saturated rings. The van der Waals surface area contributed by atoms with Gasteiger partial charge < -0.3 is 19.7 Å². The van der Waals surface area contributed by atoms with Gasteiger partial charge in [0.05, 0.1) is 12.0 Å². The van der Waals surface area contributed by atoms with Crippen LogP contribution < -0.4 is 14.8 Å². The van der Waals surface area contributed by atoms with Gasteiger partial charge in [-0.1, -0.05) is 28.1 Å². The normalized spacial score (nSPS) is 11.6. The fourth-order valence-corrected chi connectivity index (χ4v) is 3.39. The Hall–Kier alpha value is -3.14. The number of nitrogens with one attached hydrogen (secondary N) is 1. The van der Waals surface area contributed by atoms with E-state index in [0.29, 0.717) is 0 Å².